The first-order chi connectivity index (χ1) is 38.1. The van der Waals surface area contributed by atoms with E-state index in [1.165, 1.54) is 28.0 Å². The number of amides is 5. The largest absolute Gasteiger partial charge is 0.444 e. The highest BCUT2D eigenvalue weighted by atomic mass is 19.1. The molecule has 3 aromatic rings. The van der Waals surface area contributed by atoms with E-state index in [1.54, 1.807) is 45.0 Å². The molecule has 8 rings (SSSR count). The zero-order chi connectivity index (χ0) is 57.7. The summed E-state index contributed by atoms with van der Waals surface area (Å²) in [6.45, 7) is 11.5. The normalized spacial score (nSPS) is 19.0. The zero-order valence-corrected chi connectivity index (χ0v) is 47.0. The van der Waals surface area contributed by atoms with Crippen molar-refractivity contribution in [1.29, 1.82) is 0 Å². The number of esters is 2. The summed E-state index contributed by atoms with van der Waals surface area (Å²) < 4.78 is 32.3. The van der Waals surface area contributed by atoms with Crippen molar-refractivity contribution in [3.63, 3.8) is 0 Å². The standard InChI is InChI=1S/C60H72FN7O12/c1-9-60(6)44-27-48-55-43(30-67(48)29-42(44)57(75)80-58(60)76)54-46(19-18-40-35(4)45(61)28-47(64-55)53(40)54)63-50(71)32-78-33-66(24-23-65(7)8)59(77)79-31-38-16-14-37(15-17-38)25-49(70)36(5)62-56(74)41(34(2)3)26-39(69)13-11-10-12-22-68-51(72)20-21-52(68)73/h14-17,20-21,27-28,34,36,41,46H,9-13,18-19,22-26,29-33H2,1-8H3,(H,62,74)(H,63,71)/t36-,41-,46-,60+/m0/s1. The Morgan fingerprint density at radius 2 is 1.66 bits per heavy atom. The number of ketones is 2. The summed E-state index contributed by atoms with van der Waals surface area (Å²) in [4.78, 5) is 128. The monoisotopic (exact) mass is 1100 g/mol. The first kappa shape index (κ1) is 58.7. The van der Waals surface area contributed by atoms with Crippen LogP contribution in [0, 0.1) is 30.0 Å². The molecule has 0 bridgehead atoms. The lowest BCUT2D eigenvalue weighted by atomic mass is 9.74. The number of rotatable bonds is 25. The fourth-order valence-corrected chi connectivity index (χ4v) is 11.0. The molecule has 0 unspecified atom stereocenters. The van der Waals surface area contributed by atoms with Crippen LogP contribution in [0.3, 0.4) is 0 Å². The number of carbonyl (C=O) groups is 9. The fraction of sp³-hybridized carbons (Fsp3) is 0.500. The number of hydrogen-bond donors (Lipinski definition) is 2. The van der Waals surface area contributed by atoms with Gasteiger partial charge in [-0.25, -0.2) is 19.0 Å². The molecule has 426 valence electrons. The van der Waals surface area contributed by atoms with Crippen molar-refractivity contribution in [2.45, 2.75) is 125 Å². The number of ether oxygens (including phenoxy) is 3. The quantitative estimate of drug-likeness (QED) is 0.0314. The van der Waals surface area contributed by atoms with Crippen LogP contribution in [0.25, 0.3) is 16.6 Å². The molecule has 4 atom stereocenters. The van der Waals surface area contributed by atoms with Gasteiger partial charge in [0.1, 0.15) is 31.5 Å². The lowest BCUT2D eigenvalue weighted by Crippen LogP contribution is -2.44. The number of carbonyl (C=O) groups excluding carboxylic acids is 9. The molecule has 5 heterocycles. The number of aromatic nitrogens is 1. The summed E-state index contributed by atoms with van der Waals surface area (Å²) in [5.74, 6) is -4.20. The maximum Gasteiger partial charge on any atom is 0.411 e. The molecule has 2 N–H and O–H groups in total. The molecule has 4 aliphatic heterocycles. The first-order valence-corrected chi connectivity index (χ1v) is 27.6. The number of allylic oxidation sites excluding steroid dienone is 1. The average Bonchev–Trinajstić information content (AvgIpc) is 4.11. The van der Waals surface area contributed by atoms with Crippen molar-refractivity contribution in [1.82, 2.24) is 35.2 Å². The van der Waals surface area contributed by atoms with E-state index in [-0.39, 0.29) is 93.3 Å². The third kappa shape index (κ3) is 12.8. The Kier molecular flexibility index (Phi) is 18.3. The van der Waals surface area contributed by atoms with Gasteiger partial charge in [0.25, 0.3) is 11.8 Å². The van der Waals surface area contributed by atoms with Crippen LogP contribution >= 0.6 is 0 Å². The van der Waals surface area contributed by atoms with Crippen molar-refractivity contribution < 1.29 is 61.8 Å². The molecular formula is C60H72FN7O12. The van der Waals surface area contributed by atoms with E-state index >= 15 is 4.39 Å². The van der Waals surface area contributed by atoms with Gasteiger partial charge in [-0.3, -0.25) is 43.4 Å². The van der Waals surface area contributed by atoms with Crippen molar-refractivity contribution in [3.8, 4) is 0 Å². The van der Waals surface area contributed by atoms with Crippen LogP contribution in [0.5, 0.6) is 0 Å². The number of imide groups is 1. The molecule has 20 heteroatoms. The molecule has 80 heavy (non-hydrogen) atoms. The van der Waals surface area contributed by atoms with Gasteiger partial charge >= 0.3 is 18.0 Å². The van der Waals surface area contributed by atoms with Crippen molar-refractivity contribution in [2.75, 3.05) is 53.6 Å². The minimum absolute atomic E-state index is 0.0295. The number of benzene rings is 2. The van der Waals surface area contributed by atoms with Crippen LogP contribution < -0.4 is 10.6 Å². The Hall–Kier alpha value is -7.45. The second kappa shape index (κ2) is 24.9. The van der Waals surface area contributed by atoms with Gasteiger partial charge in [0.05, 0.1) is 46.5 Å². The highest BCUT2D eigenvalue weighted by Gasteiger charge is 2.49. The number of cyclic esters (lactones) is 2. The van der Waals surface area contributed by atoms with E-state index in [0.29, 0.717) is 103 Å². The second-order valence-corrected chi connectivity index (χ2v) is 22.4. The summed E-state index contributed by atoms with van der Waals surface area (Å²) in [7, 11) is 3.72. The number of nitrogens with one attached hydrogen (secondary N) is 2. The summed E-state index contributed by atoms with van der Waals surface area (Å²) >= 11 is 0. The summed E-state index contributed by atoms with van der Waals surface area (Å²) in [5, 5.41) is 6.73. The van der Waals surface area contributed by atoms with E-state index in [9.17, 15) is 43.2 Å². The maximum absolute atomic E-state index is 15.5. The van der Waals surface area contributed by atoms with E-state index < -0.39 is 47.4 Å². The van der Waals surface area contributed by atoms with Crippen LogP contribution in [0.2, 0.25) is 0 Å². The van der Waals surface area contributed by atoms with Gasteiger partial charge < -0.3 is 34.6 Å². The SMILES string of the molecule is CC[C@@]1(C)C(=O)OC(=O)C2=C1C=C1c3nc4cc(F)c(C)c5c4c(c3CN1C2)[C@@H](NC(=O)COCN(CCN(C)C)C(=O)OCc1ccc(CC(=O)[C@H](C)NC(=O)[C@@H](CC(=O)CCCCCN2C(=O)C=CC2=O)C(C)C)cc1)CC5. The van der Waals surface area contributed by atoms with Gasteiger partial charge in [0.15, 0.2) is 5.78 Å². The lowest BCUT2D eigenvalue weighted by molar-refractivity contribution is -0.165. The second-order valence-electron chi connectivity index (χ2n) is 22.4. The third-order valence-corrected chi connectivity index (χ3v) is 16.2. The average molecular weight is 1100 g/mol. The van der Waals surface area contributed by atoms with Crippen LogP contribution in [-0.4, -0.2) is 137 Å². The van der Waals surface area contributed by atoms with Gasteiger partial charge in [-0.05, 0) is 112 Å². The molecule has 19 nitrogen and oxygen atoms in total. The van der Waals surface area contributed by atoms with E-state index in [0.717, 1.165) is 22.1 Å². The Balaban J connectivity index is 0.827. The number of Topliss-reactive ketones (excluding diaryl/α,β-unsaturated/α-hetero) is 2. The number of likely N-dealkylation sites (N-methyl/N-ethyl adjacent to an activating group) is 1. The first-order valence-electron chi connectivity index (χ1n) is 27.6. The number of pyridine rings is 1. The van der Waals surface area contributed by atoms with Gasteiger partial charge in [-0.1, -0.05) is 51.5 Å². The molecule has 0 spiro atoms. The summed E-state index contributed by atoms with van der Waals surface area (Å²) in [6, 6.07) is 7.09. The number of unbranched alkanes of at least 4 members (excludes halogenated alkanes) is 2. The smallest absolute Gasteiger partial charge is 0.411 e. The molecule has 0 saturated heterocycles. The Morgan fingerprint density at radius 1 is 0.950 bits per heavy atom. The van der Waals surface area contributed by atoms with Gasteiger partial charge in [-0.2, -0.15) is 0 Å². The van der Waals surface area contributed by atoms with E-state index in [4.69, 9.17) is 19.2 Å². The molecular weight excluding hydrogens is 1030 g/mol. The summed E-state index contributed by atoms with van der Waals surface area (Å²) in [6.07, 6.45) is 7.15. The topological polar surface area (TPSA) is 231 Å². The molecule has 5 amide bonds. The Labute approximate surface area is 465 Å². The minimum Gasteiger partial charge on any atom is -0.444 e. The summed E-state index contributed by atoms with van der Waals surface area (Å²) in [5.41, 5.74) is 6.05. The number of aryl methyl sites for hydroxylation is 1. The minimum atomic E-state index is -1.04. The van der Waals surface area contributed by atoms with E-state index in [1.807, 2.05) is 50.7 Å². The van der Waals surface area contributed by atoms with Crippen LogP contribution in [0.15, 0.2) is 59.7 Å². The number of nitrogens with zero attached hydrogens (tertiary/aromatic N) is 5. The molecule has 1 aromatic heterocycles. The number of halogens is 1. The molecule has 0 fully saturated rings. The van der Waals surface area contributed by atoms with E-state index in [2.05, 4.69) is 10.6 Å². The maximum atomic E-state index is 15.5. The highest BCUT2D eigenvalue weighted by Crippen LogP contribution is 2.50. The number of hydrogen-bond acceptors (Lipinski definition) is 15. The van der Waals surface area contributed by atoms with Crippen molar-refractivity contribution >= 4 is 69.8 Å². The predicted molar refractivity (Wildman–Crippen MR) is 292 cm³/mol. The van der Waals surface area contributed by atoms with Crippen molar-refractivity contribution in [2.24, 2.45) is 17.3 Å². The Morgan fingerprint density at radius 3 is 2.35 bits per heavy atom. The zero-order valence-electron chi connectivity index (χ0n) is 47.0. The van der Waals surface area contributed by atoms with Crippen LogP contribution in [-0.2, 0) is 78.6 Å². The molecule has 1 aliphatic carbocycles. The highest BCUT2D eigenvalue weighted by molar-refractivity contribution is 6.13. The molecule has 0 saturated carbocycles. The molecule has 5 aliphatic rings. The molecule has 0 radical (unpaired) electrons. The van der Waals surface area contributed by atoms with Crippen LogP contribution in [0.4, 0.5) is 9.18 Å². The van der Waals surface area contributed by atoms with Crippen LogP contribution in [0.1, 0.15) is 125 Å². The number of fused-ring (bicyclic) bond motifs is 4. The van der Waals surface area contributed by atoms with Crippen molar-refractivity contribution in [3.05, 3.63) is 105 Å². The van der Waals surface area contributed by atoms with Gasteiger partial charge in [0.2, 0.25) is 11.8 Å². The third-order valence-electron chi connectivity index (χ3n) is 16.2. The fourth-order valence-electron chi connectivity index (χ4n) is 11.0. The molecule has 2 aromatic carbocycles. The predicted octanol–water partition coefficient (Wildman–Crippen LogP) is 6.26. The lowest BCUT2D eigenvalue weighted by Gasteiger charge is -2.37. The Bertz CT molecular complexity index is 3090. The van der Waals surface area contributed by atoms with Gasteiger partial charge in [0, 0.05) is 80.5 Å². The van der Waals surface area contributed by atoms with Gasteiger partial charge in [-0.15, -0.1) is 0 Å².